The summed E-state index contributed by atoms with van der Waals surface area (Å²) >= 11 is 6.66. The fourth-order valence-electron chi connectivity index (χ4n) is 5.85. The van der Waals surface area contributed by atoms with Gasteiger partial charge in [-0.3, -0.25) is 14.9 Å². The number of hydrogen-bond donors (Lipinski definition) is 2. The highest BCUT2D eigenvalue weighted by atomic mass is 35.5. The number of halogens is 1. The highest BCUT2D eigenvalue weighted by Gasteiger charge is 2.64. The Hall–Kier alpha value is -3.12. The second kappa shape index (κ2) is 12.9. The SMILES string of the molecule is CCC(=O)O[C@H]1CC(=O)N(C)c2cc(cc(OC)c2Cl)C/C(C)=C/C=C/[C@@H](OC)[C@@]2(O)C[C@H](OC(=O)N2)[C@@H](C)C2O[C@]21C. The van der Waals surface area contributed by atoms with E-state index in [9.17, 15) is 19.5 Å². The van der Waals surface area contributed by atoms with E-state index in [-0.39, 0.29) is 30.2 Å². The van der Waals surface area contributed by atoms with Crippen LogP contribution < -0.4 is 15.0 Å². The van der Waals surface area contributed by atoms with Crippen LogP contribution in [0.25, 0.3) is 0 Å². The van der Waals surface area contributed by atoms with Crippen molar-refractivity contribution in [3.63, 3.8) is 0 Å². The fraction of sp³-hybridized carbons (Fsp3) is 0.581. The van der Waals surface area contributed by atoms with Gasteiger partial charge in [-0.05, 0) is 38.0 Å². The summed E-state index contributed by atoms with van der Waals surface area (Å²) in [4.78, 5) is 40.2. The molecule has 0 aliphatic carbocycles. The van der Waals surface area contributed by atoms with Crippen LogP contribution in [-0.4, -0.2) is 80.1 Å². The summed E-state index contributed by atoms with van der Waals surface area (Å²) in [6, 6.07) is 3.63. The quantitative estimate of drug-likeness (QED) is 0.377. The zero-order chi connectivity index (χ0) is 31.7. The number of allylic oxidation sites excluding steroid dienone is 3. The molecule has 4 rings (SSSR count). The molecule has 3 aliphatic rings. The van der Waals surface area contributed by atoms with Gasteiger partial charge in [0.25, 0.3) is 0 Å². The zero-order valence-electron chi connectivity index (χ0n) is 25.6. The zero-order valence-corrected chi connectivity index (χ0v) is 26.4. The number of fused-ring (bicyclic) bond motifs is 5. The third-order valence-electron chi connectivity index (χ3n) is 8.51. The molecule has 12 heteroatoms. The lowest BCUT2D eigenvalue weighted by atomic mass is 9.83. The van der Waals surface area contributed by atoms with E-state index in [4.69, 9.17) is 35.3 Å². The number of nitrogens with one attached hydrogen (secondary N) is 1. The molecule has 2 saturated heterocycles. The third kappa shape index (κ3) is 6.85. The van der Waals surface area contributed by atoms with E-state index >= 15 is 0 Å². The van der Waals surface area contributed by atoms with E-state index in [1.165, 1.54) is 19.1 Å². The second-order valence-electron chi connectivity index (χ2n) is 11.6. The molecule has 2 N–H and O–H groups in total. The van der Waals surface area contributed by atoms with Gasteiger partial charge < -0.3 is 33.7 Å². The molecule has 2 amide bonds. The Morgan fingerprint density at radius 3 is 2.65 bits per heavy atom. The Kier molecular flexibility index (Phi) is 9.80. The van der Waals surface area contributed by atoms with Gasteiger partial charge in [0, 0.05) is 32.9 Å². The molecule has 236 valence electrons. The third-order valence-corrected chi connectivity index (χ3v) is 8.89. The summed E-state index contributed by atoms with van der Waals surface area (Å²) in [6.07, 6.45) is 1.81. The van der Waals surface area contributed by atoms with Gasteiger partial charge in [0.2, 0.25) is 5.91 Å². The van der Waals surface area contributed by atoms with Gasteiger partial charge in [0.15, 0.2) is 5.72 Å². The van der Waals surface area contributed by atoms with Crippen molar-refractivity contribution in [2.45, 2.75) is 89.1 Å². The van der Waals surface area contributed by atoms with Gasteiger partial charge in [-0.15, -0.1) is 0 Å². The Bertz CT molecular complexity index is 1320. The van der Waals surface area contributed by atoms with Gasteiger partial charge in [0.05, 0.1) is 25.3 Å². The number of epoxide rings is 1. The smallest absolute Gasteiger partial charge is 0.409 e. The number of carbonyl (C=O) groups excluding carboxylic acids is 3. The summed E-state index contributed by atoms with van der Waals surface area (Å²) in [7, 11) is 4.56. The van der Waals surface area contributed by atoms with E-state index in [2.05, 4.69) is 5.32 Å². The fourth-order valence-corrected chi connectivity index (χ4v) is 6.16. The number of anilines is 1. The van der Waals surface area contributed by atoms with Crippen molar-refractivity contribution < 1.29 is 43.2 Å². The van der Waals surface area contributed by atoms with Crippen molar-refractivity contribution in [3.05, 3.63) is 46.5 Å². The molecule has 11 nitrogen and oxygen atoms in total. The van der Waals surface area contributed by atoms with Crippen LogP contribution in [0.3, 0.4) is 0 Å². The number of alkyl carbamates (subject to hydrolysis) is 1. The first-order valence-corrected chi connectivity index (χ1v) is 14.7. The first-order chi connectivity index (χ1) is 20.3. The first kappa shape index (κ1) is 32.8. The summed E-state index contributed by atoms with van der Waals surface area (Å²) in [5, 5.41) is 14.3. The molecule has 0 aromatic heterocycles. The van der Waals surface area contributed by atoms with Crippen LogP contribution >= 0.6 is 11.6 Å². The highest BCUT2D eigenvalue weighted by Crippen LogP contribution is 2.49. The Labute approximate surface area is 257 Å². The van der Waals surface area contributed by atoms with E-state index in [1.54, 1.807) is 33.0 Å². The van der Waals surface area contributed by atoms with Gasteiger partial charge in [0.1, 0.15) is 34.7 Å². The van der Waals surface area contributed by atoms with E-state index in [0.717, 1.165) is 11.1 Å². The number of esters is 1. The van der Waals surface area contributed by atoms with Crippen molar-refractivity contribution >= 4 is 35.3 Å². The molecular formula is C31H41ClN2O9. The Balaban J connectivity index is 1.79. The average molecular weight is 621 g/mol. The molecule has 1 aromatic carbocycles. The number of hydrogen-bond acceptors (Lipinski definition) is 9. The molecule has 0 radical (unpaired) electrons. The number of nitrogens with zero attached hydrogens (tertiary/aromatic N) is 1. The molecule has 1 aromatic rings. The maximum Gasteiger partial charge on any atom is 0.409 e. The lowest BCUT2D eigenvalue weighted by Crippen LogP contribution is -2.63. The van der Waals surface area contributed by atoms with E-state index in [1.807, 2.05) is 32.1 Å². The number of aliphatic hydroxyl groups is 1. The minimum Gasteiger partial charge on any atom is -0.495 e. The van der Waals surface area contributed by atoms with E-state index in [0.29, 0.717) is 17.9 Å². The molecule has 7 atom stereocenters. The summed E-state index contributed by atoms with van der Waals surface area (Å²) in [5.74, 6) is -0.854. The molecule has 2 fully saturated rings. The van der Waals surface area contributed by atoms with Crippen LogP contribution in [0, 0.1) is 5.92 Å². The summed E-state index contributed by atoms with van der Waals surface area (Å²) in [5.41, 5.74) is -0.564. The van der Waals surface area contributed by atoms with E-state index < -0.39 is 53.7 Å². The van der Waals surface area contributed by atoms with Crippen molar-refractivity contribution in [2.24, 2.45) is 5.92 Å². The second-order valence-corrected chi connectivity index (χ2v) is 12.0. The summed E-state index contributed by atoms with van der Waals surface area (Å²) < 4.78 is 28.6. The first-order valence-electron chi connectivity index (χ1n) is 14.3. The molecule has 3 heterocycles. The van der Waals surface area contributed by atoms with Crippen molar-refractivity contribution in [1.82, 2.24) is 5.32 Å². The van der Waals surface area contributed by atoms with Crippen molar-refractivity contribution in [2.75, 3.05) is 26.2 Å². The van der Waals surface area contributed by atoms with Crippen LogP contribution in [-0.2, 0) is 35.0 Å². The monoisotopic (exact) mass is 620 g/mol. The Morgan fingerprint density at radius 2 is 2.00 bits per heavy atom. The van der Waals surface area contributed by atoms with Gasteiger partial charge in [-0.25, -0.2) is 4.79 Å². The minimum absolute atomic E-state index is 0.00655. The maximum atomic E-state index is 13.7. The molecule has 1 unspecified atom stereocenters. The predicted octanol–water partition coefficient (Wildman–Crippen LogP) is 4.08. The number of carbonyl (C=O) groups is 3. The Morgan fingerprint density at radius 1 is 1.28 bits per heavy atom. The van der Waals surface area contributed by atoms with Crippen LogP contribution in [0.5, 0.6) is 5.75 Å². The number of benzene rings is 1. The molecule has 0 saturated carbocycles. The van der Waals surface area contributed by atoms with Crippen molar-refractivity contribution in [1.29, 1.82) is 0 Å². The average Bonchev–Trinajstić information content (AvgIpc) is 3.66. The van der Waals surface area contributed by atoms with Gasteiger partial charge >= 0.3 is 12.1 Å². The van der Waals surface area contributed by atoms with Crippen molar-refractivity contribution in [3.8, 4) is 5.75 Å². The molecule has 4 bridgehead atoms. The lowest BCUT2D eigenvalue weighted by molar-refractivity contribution is -0.153. The largest absolute Gasteiger partial charge is 0.495 e. The van der Waals surface area contributed by atoms with Crippen LogP contribution in [0.1, 0.15) is 52.5 Å². The van der Waals surface area contributed by atoms with Gasteiger partial charge in [-0.1, -0.05) is 49.2 Å². The number of ether oxygens (including phenoxy) is 5. The molecule has 3 aliphatic heterocycles. The maximum absolute atomic E-state index is 13.7. The number of amides is 2. The normalized spacial score (nSPS) is 35.0. The number of rotatable bonds is 4. The van der Waals surface area contributed by atoms with Crippen LogP contribution in [0.15, 0.2) is 35.9 Å². The predicted molar refractivity (Wildman–Crippen MR) is 159 cm³/mol. The topological polar surface area (TPSA) is 136 Å². The summed E-state index contributed by atoms with van der Waals surface area (Å²) in [6.45, 7) is 7.20. The lowest BCUT2D eigenvalue weighted by Gasteiger charge is -2.42. The minimum atomic E-state index is -1.76. The molecular weight excluding hydrogens is 580 g/mol. The standard InChI is InChI=1S/C31H41ClN2O9/c1-8-26(36)42-24-15-25(35)34(5)20-13-19(14-21(39-6)27(20)32)12-17(2)10-9-11-23(40-7)31(38)16-22(41-29(37)33-31)18(3)28-30(24,4)43-28/h9-11,13-14,18,22-24,28,38H,8,12,15-16H2,1-7H3,(H,33,37)/b11-9+,17-10+/t18-,22+,23-,24+,28?,30+,31+/m1/s1. The van der Waals surface area contributed by atoms with Crippen LogP contribution in [0.4, 0.5) is 10.5 Å². The van der Waals surface area contributed by atoms with Gasteiger partial charge in [-0.2, -0.15) is 0 Å². The molecule has 43 heavy (non-hydrogen) atoms. The van der Waals surface area contributed by atoms with Crippen LogP contribution in [0.2, 0.25) is 5.02 Å². The highest BCUT2D eigenvalue weighted by molar-refractivity contribution is 6.35. The molecule has 0 spiro atoms. The number of methoxy groups -OCH3 is 2.